The van der Waals surface area contributed by atoms with E-state index >= 15 is 0 Å². The van der Waals surface area contributed by atoms with Crippen LogP contribution in [0.4, 0.5) is 0 Å². The molecular formula is C15H24N2. The van der Waals surface area contributed by atoms with Crippen molar-refractivity contribution in [2.45, 2.75) is 52.5 Å². The van der Waals surface area contributed by atoms with Gasteiger partial charge in [-0.25, -0.2) is 0 Å². The van der Waals surface area contributed by atoms with Crippen LogP contribution >= 0.6 is 0 Å². The van der Waals surface area contributed by atoms with Crippen molar-refractivity contribution in [1.82, 2.24) is 5.43 Å². The summed E-state index contributed by atoms with van der Waals surface area (Å²) in [4.78, 5) is 0. The predicted octanol–water partition coefficient (Wildman–Crippen LogP) is 2.79. The second kappa shape index (κ2) is 5.19. The van der Waals surface area contributed by atoms with Gasteiger partial charge in [0.05, 0.1) is 0 Å². The molecule has 3 N–H and O–H groups in total. The first kappa shape index (κ1) is 12.6. The van der Waals surface area contributed by atoms with Crippen LogP contribution < -0.4 is 11.3 Å². The van der Waals surface area contributed by atoms with Gasteiger partial charge in [-0.1, -0.05) is 24.1 Å². The number of aryl methyl sites for hydroxylation is 3. The third-order valence-corrected chi connectivity index (χ3v) is 4.20. The van der Waals surface area contributed by atoms with Crippen LogP contribution in [0.25, 0.3) is 0 Å². The number of hydrogen-bond donors (Lipinski definition) is 2. The molecule has 0 radical (unpaired) electrons. The Morgan fingerprint density at radius 2 is 1.82 bits per heavy atom. The zero-order chi connectivity index (χ0) is 12.4. The van der Waals surface area contributed by atoms with Crippen molar-refractivity contribution in [2.75, 3.05) is 0 Å². The van der Waals surface area contributed by atoms with Crippen molar-refractivity contribution < 1.29 is 0 Å². The first-order valence-electron chi connectivity index (χ1n) is 6.64. The number of hydrogen-bond acceptors (Lipinski definition) is 2. The molecule has 0 spiro atoms. The van der Waals surface area contributed by atoms with Crippen molar-refractivity contribution >= 4 is 0 Å². The lowest BCUT2D eigenvalue weighted by molar-refractivity contribution is 0.228. The van der Waals surface area contributed by atoms with Gasteiger partial charge in [0, 0.05) is 6.04 Å². The molecule has 94 valence electrons. The van der Waals surface area contributed by atoms with Crippen LogP contribution in [0.15, 0.2) is 12.1 Å². The Morgan fingerprint density at radius 1 is 1.24 bits per heavy atom. The van der Waals surface area contributed by atoms with E-state index in [4.69, 9.17) is 5.84 Å². The summed E-state index contributed by atoms with van der Waals surface area (Å²) in [5, 5.41) is 0. The van der Waals surface area contributed by atoms with Crippen LogP contribution in [0.3, 0.4) is 0 Å². The zero-order valence-corrected chi connectivity index (χ0v) is 11.2. The number of hydrazine groups is 1. The maximum Gasteiger partial charge on any atom is 0.0279 e. The predicted molar refractivity (Wildman–Crippen MR) is 72.8 cm³/mol. The van der Waals surface area contributed by atoms with Gasteiger partial charge in [0.2, 0.25) is 0 Å². The molecule has 0 bridgehead atoms. The molecule has 0 aromatic heterocycles. The van der Waals surface area contributed by atoms with Crippen LogP contribution in [-0.4, -0.2) is 6.04 Å². The van der Waals surface area contributed by atoms with Crippen LogP contribution in [0.5, 0.6) is 0 Å². The summed E-state index contributed by atoms with van der Waals surface area (Å²) >= 11 is 0. The SMILES string of the molecule is Cc1cc(C)c(CC(NN)C2CCC2)c(C)c1. The lowest BCUT2D eigenvalue weighted by Crippen LogP contribution is -2.45. The normalized spacial score (nSPS) is 17.9. The highest BCUT2D eigenvalue weighted by Gasteiger charge is 2.27. The summed E-state index contributed by atoms with van der Waals surface area (Å²) in [6, 6.07) is 5.00. The van der Waals surface area contributed by atoms with E-state index < -0.39 is 0 Å². The van der Waals surface area contributed by atoms with E-state index in [9.17, 15) is 0 Å². The molecule has 0 amide bonds. The molecule has 1 saturated carbocycles. The highest BCUT2D eigenvalue weighted by atomic mass is 15.2. The van der Waals surface area contributed by atoms with Gasteiger partial charge in [-0.15, -0.1) is 0 Å². The van der Waals surface area contributed by atoms with Crippen LogP contribution in [0.1, 0.15) is 41.5 Å². The maximum atomic E-state index is 5.71. The van der Waals surface area contributed by atoms with Gasteiger partial charge >= 0.3 is 0 Å². The molecular weight excluding hydrogens is 208 g/mol. The summed E-state index contributed by atoms with van der Waals surface area (Å²) < 4.78 is 0. The van der Waals surface area contributed by atoms with Crippen molar-refractivity contribution in [3.8, 4) is 0 Å². The fourth-order valence-corrected chi connectivity index (χ4v) is 2.96. The van der Waals surface area contributed by atoms with Gasteiger partial charge in [-0.2, -0.15) is 0 Å². The first-order valence-corrected chi connectivity index (χ1v) is 6.64. The molecule has 1 aromatic carbocycles. The first-order chi connectivity index (χ1) is 8.11. The number of nitrogens with two attached hydrogens (primary N) is 1. The average molecular weight is 232 g/mol. The molecule has 2 rings (SSSR count). The highest BCUT2D eigenvalue weighted by molar-refractivity contribution is 5.38. The summed E-state index contributed by atoms with van der Waals surface area (Å²) in [6.07, 6.45) is 5.10. The summed E-state index contributed by atoms with van der Waals surface area (Å²) in [7, 11) is 0. The zero-order valence-electron chi connectivity index (χ0n) is 11.2. The molecule has 2 nitrogen and oxygen atoms in total. The number of rotatable bonds is 4. The van der Waals surface area contributed by atoms with Gasteiger partial charge in [0.25, 0.3) is 0 Å². The van der Waals surface area contributed by atoms with Crippen LogP contribution in [-0.2, 0) is 6.42 Å². The summed E-state index contributed by atoms with van der Waals surface area (Å²) in [5.41, 5.74) is 8.66. The second-order valence-electron chi connectivity index (χ2n) is 5.55. The Kier molecular flexibility index (Phi) is 3.85. The third kappa shape index (κ3) is 2.70. The second-order valence-corrected chi connectivity index (χ2v) is 5.55. The quantitative estimate of drug-likeness (QED) is 0.619. The van der Waals surface area contributed by atoms with Gasteiger partial charge in [-0.05, 0) is 62.6 Å². The molecule has 1 unspecified atom stereocenters. The molecule has 1 fully saturated rings. The molecule has 17 heavy (non-hydrogen) atoms. The molecule has 2 heteroatoms. The largest absolute Gasteiger partial charge is 0.271 e. The van der Waals surface area contributed by atoms with Crippen molar-refractivity contribution in [1.29, 1.82) is 0 Å². The van der Waals surface area contributed by atoms with E-state index in [1.54, 1.807) is 0 Å². The highest BCUT2D eigenvalue weighted by Crippen LogP contribution is 2.31. The summed E-state index contributed by atoms with van der Waals surface area (Å²) in [6.45, 7) is 6.59. The van der Waals surface area contributed by atoms with Crippen LogP contribution in [0, 0.1) is 26.7 Å². The molecule has 1 aromatic rings. The Hall–Kier alpha value is -0.860. The summed E-state index contributed by atoms with van der Waals surface area (Å²) in [5.74, 6) is 6.49. The number of nitrogens with one attached hydrogen (secondary N) is 1. The van der Waals surface area contributed by atoms with E-state index in [-0.39, 0.29) is 0 Å². The maximum absolute atomic E-state index is 5.71. The third-order valence-electron chi connectivity index (χ3n) is 4.20. The average Bonchev–Trinajstić information content (AvgIpc) is 2.18. The van der Waals surface area contributed by atoms with E-state index in [0.29, 0.717) is 6.04 Å². The number of benzene rings is 1. The van der Waals surface area contributed by atoms with Gasteiger partial charge in [0.15, 0.2) is 0 Å². The lowest BCUT2D eigenvalue weighted by Gasteiger charge is -2.34. The monoisotopic (exact) mass is 232 g/mol. The van der Waals surface area contributed by atoms with Crippen molar-refractivity contribution in [3.05, 3.63) is 34.4 Å². The van der Waals surface area contributed by atoms with Crippen molar-refractivity contribution in [2.24, 2.45) is 11.8 Å². The molecule has 1 aliphatic carbocycles. The smallest absolute Gasteiger partial charge is 0.0279 e. The Labute approximate surface area is 105 Å². The molecule has 0 aliphatic heterocycles. The fraction of sp³-hybridized carbons (Fsp3) is 0.600. The van der Waals surface area contributed by atoms with E-state index in [2.05, 4.69) is 38.3 Å². The molecule has 1 atom stereocenters. The minimum Gasteiger partial charge on any atom is -0.271 e. The van der Waals surface area contributed by atoms with Crippen molar-refractivity contribution in [3.63, 3.8) is 0 Å². The topological polar surface area (TPSA) is 38.0 Å². The minimum absolute atomic E-state index is 0.448. The van der Waals surface area contributed by atoms with Crippen LogP contribution in [0.2, 0.25) is 0 Å². The van der Waals surface area contributed by atoms with E-state index in [1.165, 1.54) is 41.5 Å². The lowest BCUT2D eigenvalue weighted by atomic mass is 9.77. The van der Waals surface area contributed by atoms with Gasteiger partial charge < -0.3 is 0 Å². The van der Waals surface area contributed by atoms with E-state index in [1.807, 2.05) is 0 Å². The molecule has 1 aliphatic rings. The Bertz CT molecular complexity index is 371. The Morgan fingerprint density at radius 3 is 2.24 bits per heavy atom. The van der Waals surface area contributed by atoms with Gasteiger partial charge in [0.1, 0.15) is 0 Å². The molecule has 0 saturated heterocycles. The standard InChI is InChI=1S/C15H24N2/c1-10-7-11(2)14(12(3)8-10)9-15(17-16)13-5-4-6-13/h7-8,13,15,17H,4-6,9,16H2,1-3H3. The minimum atomic E-state index is 0.448. The van der Waals surface area contributed by atoms with E-state index in [0.717, 1.165) is 12.3 Å². The fourth-order valence-electron chi connectivity index (χ4n) is 2.96. The Balaban J connectivity index is 2.16. The molecule has 0 heterocycles. The van der Waals surface area contributed by atoms with Gasteiger partial charge in [-0.3, -0.25) is 11.3 Å².